The van der Waals surface area contributed by atoms with Crippen LogP contribution >= 0.6 is 0 Å². The van der Waals surface area contributed by atoms with E-state index in [-0.39, 0.29) is 11.8 Å². The third-order valence-electron chi connectivity index (χ3n) is 5.28. The summed E-state index contributed by atoms with van der Waals surface area (Å²) in [5.41, 5.74) is 2.80. The van der Waals surface area contributed by atoms with Crippen LogP contribution < -0.4 is 15.0 Å². The van der Waals surface area contributed by atoms with Gasteiger partial charge in [-0.3, -0.25) is 14.5 Å². The molecule has 1 N–H and O–H groups in total. The Labute approximate surface area is 181 Å². The molecule has 0 saturated carbocycles. The van der Waals surface area contributed by atoms with Crippen LogP contribution in [0.5, 0.6) is 5.75 Å². The van der Waals surface area contributed by atoms with Crippen molar-refractivity contribution in [1.82, 2.24) is 4.98 Å². The molecule has 0 fully saturated rings. The van der Waals surface area contributed by atoms with Gasteiger partial charge in [0.25, 0.3) is 5.91 Å². The number of ether oxygens (including phenoxy) is 1. The number of pyridine rings is 1. The van der Waals surface area contributed by atoms with Gasteiger partial charge in [-0.15, -0.1) is 0 Å². The Balaban J connectivity index is 1.41. The third-order valence-corrected chi connectivity index (χ3v) is 5.28. The average Bonchev–Trinajstić information content (AvgIpc) is 2.81. The lowest BCUT2D eigenvalue weighted by Gasteiger charge is -2.33. The fourth-order valence-corrected chi connectivity index (χ4v) is 3.60. The van der Waals surface area contributed by atoms with Gasteiger partial charge in [-0.2, -0.15) is 0 Å². The highest BCUT2D eigenvalue weighted by Gasteiger charge is 2.36. The molecular weight excluding hydrogens is 390 g/mol. The average molecular weight is 415 g/mol. The van der Waals surface area contributed by atoms with E-state index in [2.05, 4.69) is 17.2 Å². The highest BCUT2D eigenvalue weighted by atomic mass is 16.5. The van der Waals surface area contributed by atoms with Crippen LogP contribution in [0.3, 0.4) is 0 Å². The number of fused-ring (bicyclic) bond motifs is 1. The smallest absolute Gasteiger partial charge is 0.274 e. The summed E-state index contributed by atoms with van der Waals surface area (Å²) in [4.78, 5) is 31.5. The number of aryl methyl sites for hydroxylation is 1. The number of hydrogen-bond donors (Lipinski definition) is 1. The number of carbonyl (C=O) groups excluding carboxylic acids is 2. The van der Waals surface area contributed by atoms with Crippen molar-refractivity contribution in [3.63, 3.8) is 0 Å². The van der Waals surface area contributed by atoms with Crippen molar-refractivity contribution >= 4 is 23.3 Å². The maximum Gasteiger partial charge on any atom is 0.274 e. The van der Waals surface area contributed by atoms with Crippen LogP contribution in [0, 0.1) is 0 Å². The zero-order chi connectivity index (χ0) is 21.6. The van der Waals surface area contributed by atoms with Crippen molar-refractivity contribution in [2.24, 2.45) is 0 Å². The molecule has 0 spiro atoms. The molecule has 31 heavy (non-hydrogen) atoms. The number of nitrogens with one attached hydrogen (secondary N) is 1. The van der Waals surface area contributed by atoms with E-state index in [1.165, 1.54) is 5.56 Å². The lowest BCUT2D eigenvalue weighted by atomic mass is 10.1. The van der Waals surface area contributed by atoms with Crippen LogP contribution in [0.2, 0.25) is 0 Å². The zero-order valence-electron chi connectivity index (χ0n) is 17.5. The second-order valence-corrected chi connectivity index (χ2v) is 7.43. The molecule has 6 heteroatoms. The lowest BCUT2D eigenvalue weighted by molar-refractivity contribution is -0.127. The summed E-state index contributed by atoms with van der Waals surface area (Å²) in [7, 11) is 0. The first-order valence-corrected chi connectivity index (χ1v) is 10.5. The molecule has 2 aromatic carbocycles. The molecule has 1 aromatic heterocycles. The Morgan fingerprint density at radius 2 is 1.84 bits per heavy atom. The molecule has 3 aromatic rings. The number of amides is 2. The fraction of sp³-hybridized carbons (Fsp3) is 0.240. The molecular formula is C25H25N3O3. The van der Waals surface area contributed by atoms with E-state index in [0.717, 1.165) is 17.7 Å². The second-order valence-electron chi connectivity index (χ2n) is 7.43. The number of nitrogens with zero attached hydrogens (tertiary/aromatic N) is 2. The summed E-state index contributed by atoms with van der Waals surface area (Å²) in [5, 5.41) is 2.91. The van der Waals surface area contributed by atoms with Crippen LogP contribution in [0.4, 0.5) is 11.5 Å². The van der Waals surface area contributed by atoms with Gasteiger partial charge in [0.1, 0.15) is 0 Å². The normalized spacial score (nSPS) is 15.2. The maximum absolute atomic E-state index is 13.2. The minimum atomic E-state index is -0.719. The van der Waals surface area contributed by atoms with E-state index in [0.29, 0.717) is 31.0 Å². The van der Waals surface area contributed by atoms with E-state index in [4.69, 9.17) is 4.74 Å². The minimum absolute atomic E-state index is 0.0780. The van der Waals surface area contributed by atoms with Crippen LogP contribution in [0.15, 0.2) is 72.9 Å². The van der Waals surface area contributed by atoms with Crippen molar-refractivity contribution in [2.75, 3.05) is 16.8 Å². The largest absolute Gasteiger partial charge is 0.472 e. The Kier molecular flexibility index (Phi) is 6.26. The number of hydrogen-bond acceptors (Lipinski definition) is 4. The van der Waals surface area contributed by atoms with E-state index in [1.807, 2.05) is 60.7 Å². The van der Waals surface area contributed by atoms with Crippen molar-refractivity contribution in [3.8, 4) is 5.75 Å². The molecule has 4 rings (SSSR count). The molecule has 158 valence electrons. The second kappa shape index (κ2) is 9.43. The standard InChI is InChI=1S/C25H25N3O3/c1-2-18-12-14-20(15-13-18)27-22(29)11-7-17-28-24-21(10-6-16-26-24)31-23(25(28)30)19-8-4-3-5-9-19/h3-6,8-10,12-16,23H,2,7,11,17H2,1H3,(H,27,29)/t23-/m1/s1. The Morgan fingerprint density at radius 1 is 1.06 bits per heavy atom. The lowest BCUT2D eigenvalue weighted by Crippen LogP contribution is -2.42. The van der Waals surface area contributed by atoms with Crippen LogP contribution in [-0.4, -0.2) is 23.3 Å². The number of aromatic nitrogens is 1. The Bertz CT molecular complexity index is 1050. The Hall–Kier alpha value is -3.67. The first kappa shape index (κ1) is 20.6. The van der Waals surface area contributed by atoms with Crippen LogP contribution in [0.25, 0.3) is 0 Å². The fourth-order valence-electron chi connectivity index (χ4n) is 3.60. The van der Waals surface area contributed by atoms with Crippen molar-refractivity contribution in [3.05, 3.63) is 84.1 Å². The van der Waals surface area contributed by atoms with Gasteiger partial charge in [-0.25, -0.2) is 4.98 Å². The molecule has 0 bridgehead atoms. The van der Waals surface area contributed by atoms with Crippen molar-refractivity contribution < 1.29 is 14.3 Å². The molecule has 1 atom stereocenters. The maximum atomic E-state index is 13.2. The zero-order valence-corrected chi connectivity index (χ0v) is 17.5. The van der Waals surface area contributed by atoms with E-state index in [9.17, 15) is 9.59 Å². The monoisotopic (exact) mass is 415 g/mol. The summed E-state index contributed by atoms with van der Waals surface area (Å²) < 4.78 is 5.95. The van der Waals surface area contributed by atoms with Crippen LogP contribution in [0.1, 0.15) is 37.0 Å². The topological polar surface area (TPSA) is 71.5 Å². The third kappa shape index (κ3) is 4.74. The van der Waals surface area contributed by atoms with Gasteiger partial charge < -0.3 is 10.1 Å². The van der Waals surface area contributed by atoms with Crippen molar-refractivity contribution in [2.45, 2.75) is 32.3 Å². The predicted octanol–water partition coefficient (Wildman–Crippen LogP) is 4.53. The van der Waals surface area contributed by atoms with Gasteiger partial charge in [0.2, 0.25) is 12.0 Å². The SMILES string of the molecule is CCc1ccc(NC(=O)CCCN2C(=O)[C@@H](c3ccccc3)Oc3cccnc32)cc1. The predicted molar refractivity (Wildman–Crippen MR) is 120 cm³/mol. The number of carbonyl (C=O) groups is 2. The van der Waals surface area contributed by atoms with Gasteiger partial charge in [0.05, 0.1) is 0 Å². The van der Waals surface area contributed by atoms with Gasteiger partial charge in [-0.05, 0) is 42.7 Å². The molecule has 1 aliphatic rings. The molecule has 0 radical (unpaired) electrons. The summed E-state index contributed by atoms with van der Waals surface area (Å²) >= 11 is 0. The number of rotatable bonds is 7. The molecule has 2 heterocycles. The molecule has 0 unspecified atom stereocenters. The molecule has 0 saturated heterocycles. The summed E-state index contributed by atoms with van der Waals surface area (Å²) in [6.45, 7) is 2.48. The van der Waals surface area contributed by atoms with E-state index in [1.54, 1.807) is 17.2 Å². The quantitative estimate of drug-likeness (QED) is 0.615. The number of anilines is 2. The molecule has 1 aliphatic heterocycles. The summed E-state index contributed by atoms with van der Waals surface area (Å²) in [6, 6.07) is 20.8. The van der Waals surface area contributed by atoms with Gasteiger partial charge in [-0.1, -0.05) is 49.4 Å². The van der Waals surface area contributed by atoms with Crippen LogP contribution in [-0.2, 0) is 16.0 Å². The highest BCUT2D eigenvalue weighted by Crippen LogP contribution is 2.37. The Morgan fingerprint density at radius 3 is 2.58 bits per heavy atom. The van der Waals surface area contributed by atoms with E-state index < -0.39 is 6.10 Å². The summed E-state index contributed by atoms with van der Waals surface area (Å²) in [6.07, 6.45) is 2.70. The van der Waals surface area contributed by atoms with Gasteiger partial charge in [0, 0.05) is 30.4 Å². The van der Waals surface area contributed by atoms with Crippen molar-refractivity contribution in [1.29, 1.82) is 0 Å². The first-order chi connectivity index (χ1) is 15.2. The van der Waals surface area contributed by atoms with Gasteiger partial charge in [0.15, 0.2) is 11.6 Å². The minimum Gasteiger partial charge on any atom is -0.472 e. The molecule has 0 aliphatic carbocycles. The molecule has 6 nitrogen and oxygen atoms in total. The van der Waals surface area contributed by atoms with E-state index >= 15 is 0 Å². The summed E-state index contributed by atoms with van der Waals surface area (Å²) in [5.74, 6) is 0.811. The number of benzene rings is 2. The highest BCUT2D eigenvalue weighted by molar-refractivity contribution is 5.99. The first-order valence-electron chi connectivity index (χ1n) is 10.5. The van der Waals surface area contributed by atoms with Gasteiger partial charge >= 0.3 is 0 Å². The molecule has 2 amide bonds.